The number of para-hydroxylation sites is 2. The quantitative estimate of drug-likeness (QED) is 0.565. The number of hydrogen-bond donors (Lipinski definition) is 2. The normalized spacial score (nSPS) is 10.9. The van der Waals surface area contributed by atoms with Gasteiger partial charge in [0.05, 0.1) is 19.2 Å². The van der Waals surface area contributed by atoms with E-state index >= 15 is 0 Å². The summed E-state index contributed by atoms with van der Waals surface area (Å²) in [7, 11) is 1.54. The first kappa shape index (κ1) is 19.2. The van der Waals surface area contributed by atoms with Gasteiger partial charge in [-0.1, -0.05) is 42.5 Å². The van der Waals surface area contributed by atoms with E-state index in [1.807, 2.05) is 42.5 Å². The lowest BCUT2D eigenvalue weighted by Gasteiger charge is -2.09. The van der Waals surface area contributed by atoms with Crippen LogP contribution in [0, 0.1) is 0 Å². The predicted molar refractivity (Wildman–Crippen MR) is 102 cm³/mol. The fourth-order valence-electron chi connectivity index (χ4n) is 2.33. The maximum Gasteiger partial charge on any atom is 0.240 e. The Balaban J connectivity index is 1.78. The van der Waals surface area contributed by atoms with Gasteiger partial charge in [-0.3, -0.25) is 9.59 Å². The van der Waals surface area contributed by atoms with Crippen LogP contribution in [-0.2, 0) is 16.0 Å². The van der Waals surface area contributed by atoms with Gasteiger partial charge in [0.15, 0.2) is 0 Å². The van der Waals surface area contributed by atoms with Gasteiger partial charge in [-0.15, -0.1) is 0 Å². The van der Waals surface area contributed by atoms with Crippen LogP contribution in [-0.4, -0.2) is 24.6 Å². The monoisotopic (exact) mass is 353 g/mol. The van der Waals surface area contributed by atoms with E-state index in [9.17, 15) is 9.59 Å². The fourth-order valence-corrected chi connectivity index (χ4v) is 2.33. The number of rotatable bonds is 8. The number of hydrogen-bond acceptors (Lipinski definition) is 4. The number of anilines is 1. The highest BCUT2D eigenvalue weighted by molar-refractivity contribution is 6.06. The lowest BCUT2D eigenvalue weighted by atomic mass is 10.1. The first-order chi connectivity index (χ1) is 12.6. The zero-order valence-corrected chi connectivity index (χ0v) is 15.0. The zero-order valence-electron chi connectivity index (χ0n) is 15.0. The Morgan fingerprint density at radius 3 is 2.42 bits per heavy atom. The van der Waals surface area contributed by atoms with E-state index in [1.165, 1.54) is 0 Å². The minimum Gasteiger partial charge on any atom is -0.495 e. The molecular weight excluding hydrogens is 330 g/mol. The second-order valence-corrected chi connectivity index (χ2v) is 5.79. The number of carbonyl (C=O) groups excluding carboxylic acids is 2. The van der Waals surface area contributed by atoms with Gasteiger partial charge in [-0.05, 0) is 31.0 Å². The summed E-state index contributed by atoms with van der Waals surface area (Å²) in [6, 6.07) is 16.9. The molecule has 0 saturated carbocycles. The van der Waals surface area contributed by atoms with Gasteiger partial charge < -0.3 is 10.1 Å². The lowest BCUT2D eigenvalue weighted by Crippen LogP contribution is -2.21. The van der Waals surface area contributed by atoms with Crippen molar-refractivity contribution in [2.75, 3.05) is 12.4 Å². The molecule has 0 spiro atoms. The minimum atomic E-state index is -0.228. The van der Waals surface area contributed by atoms with Crippen LogP contribution in [0.1, 0.15) is 25.3 Å². The van der Waals surface area contributed by atoms with Crippen molar-refractivity contribution in [1.82, 2.24) is 5.43 Å². The van der Waals surface area contributed by atoms with Crippen molar-refractivity contribution in [3.8, 4) is 5.75 Å². The lowest BCUT2D eigenvalue weighted by molar-refractivity contribution is -0.121. The predicted octanol–water partition coefficient (Wildman–Crippen LogP) is 3.15. The van der Waals surface area contributed by atoms with Gasteiger partial charge >= 0.3 is 0 Å². The van der Waals surface area contributed by atoms with E-state index in [2.05, 4.69) is 15.8 Å². The Morgan fingerprint density at radius 1 is 1.00 bits per heavy atom. The summed E-state index contributed by atoms with van der Waals surface area (Å²) in [5, 5.41) is 6.75. The number of amides is 2. The molecule has 0 radical (unpaired) electrons. The third-order valence-electron chi connectivity index (χ3n) is 3.65. The zero-order chi connectivity index (χ0) is 18.8. The van der Waals surface area contributed by atoms with Crippen molar-refractivity contribution >= 4 is 23.2 Å². The van der Waals surface area contributed by atoms with Crippen LogP contribution in [0.25, 0.3) is 0 Å². The summed E-state index contributed by atoms with van der Waals surface area (Å²) in [5.41, 5.74) is 4.70. The Bertz CT molecular complexity index is 773. The van der Waals surface area contributed by atoms with Gasteiger partial charge in [0, 0.05) is 12.1 Å². The van der Waals surface area contributed by atoms with Crippen LogP contribution in [0.2, 0.25) is 0 Å². The highest BCUT2D eigenvalue weighted by atomic mass is 16.5. The van der Waals surface area contributed by atoms with Crippen LogP contribution >= 0.6 is 0 Å². The average molecular weight is 353 g/mol. The fraction of sp³-hybridized carbons (Fsp3) is 0.250. The molecule has 6 nitrogen and oxygen atoms in total. The van der Waals surface area contributed by atoms with Gasteiger partial charge in [0.2, 0.25) is 11.8 Å². The molecule has 0 aromatic heterocycles. The number of nitrogens with zero attached hydrogens (tertiary/aromatic N) is 1. The van der Waals surface area contributed by atoms with Crippen molar-refractivity contribution in [2.45, 2.75) is 26.2 Å². The second kappa shape index (κ2) is 9.98. The van der Waals surface area contributed by atoms with E-state index in [-0.39, 0.29) is 18.2 Å². The van der Waals surface area contributed by atoms with Gasteiger partial charge in [-0.2, -0.15) is 5.10 Å². The maximum absolute atomic E-state index is 12.1. The average Bonchev–Trinajstić information content (AvgIpc) is 2.66. The molecule has 0 bridgehead atoms. The van der Waals surface area contributed by atoms with Crippen LogP contribution in [0.15, 0.2) is 59.7 Å². The Labute approximate surface area is 153 Å². The Kier molecular flexibility index (Phi) is 7.36. The number of hydrazone groups is 1. The highest BCUT2D eigenvalue weighted by Crippen LogP contribution is 2.23. The molecule has 0 fully saturated rings. The SMILES string of the molecule is COc1ccccc1NC(=O)CC(C)=NNC(=O)CCc1ccccc1. The summed E-state index contributed by atoms with van der Waals surface area (Å²) < 4.78 is 5.19. The van der Waals surface area contributed by atoms with Crippen LogP contribution < -0.4 is 15.5 Å². The van der Waals surface area contributed by atoms with Crippen molar-refractivity contribution in [1.29, 1.82) is 0 Å². The van der Waals surface area contributed by atoms with E-state index in [4.69, 9.17) is 4.74 Å². The third-order valence-corrected chi connectivity index (χ3v) is 3.65. The number of carbonyl (C=O) groups is 2. The standard InChI is InChI=1S/C20H23N3O3/c1-15(14-20(25)21-17-10-6-7-11-18(17)26-2)22-23-19(24)13-12-16-8-4-3-5-9-16/h3-11H,12-14H2,1-2H3,(H,21,25)(H,23,24). The van der Waals surface area contributed by atoms with E-state index in [0.717, 1.165) is 5.56 Å². The third kappa shape index (κ3) is 6.39. The second-order valence-electron chi connectivity index (χ2n) is 5.79. The van der Waals surface area contributed by atoms with Crippen molar-refractivity contribution < 1.29 is 14.3 Å². The molecule has 0 saturated heterocycles. The molecule has 0 unspecified atom stereocenters. The van der Waals surface area contributed by atoms with E-state index in [1.54, 1.807) is 26.2 Å². The molecule has 2 aromatic rings. The minimum absolute atomic E-state index is 0.0804. The summed E-state index contributed by atoms with van der Waals surface area (Å²) >= 11 is 0. The molecule has 0 atom stereocenters. The number of methoxy groups -OCH3 is 1. The first-order valence-electron chi connectivity index (χ1n) is 8.37. The topological polar surface area (TPSA) is 79.8 Å². The van der Waals surface area contributed by atoms with Crippen LogP contribution in [0.3, 0.4) is 0 Å². The molecule has 2 aromatic carbocycles. The molecule has 0 aliphatic heterocycles. The maximum atomic E-state index is 12.1. The molecule has 2 N–H and O–H groups in total. The summed E-state index contributed by atoms with van der Waals surface area (Å²) in [4.78, 5) is 23.9. The van der Waals surface area contributed by atoms with Crippen molar-refractivity contribution in [3.63, 3.8) is 0 Å². The number of ether oxygens (including phenoxy) is 1. The molecule has 2 amide bonds. The Morgan fingerprint density at radius 2 is 1.69 bits per heavy atom. The summed E-state index contributed by atoms with van der Waals surface area (Å²) in [5.74, 6) is 0.178. The largest absolute Gasteiger partial charge is 0.495 e. The van der Waals surface area contributed by atoms with Crippen LogP contribution in [0.4, 0.5) is 5.69 Å². The van der Waals surface area contributed by atoms with Crippen molar-refractivity contribution in [3.05, 3.63) is 60.2 Å². The van der Waals surface area contributed by atoms with Gasteiger partial charge in [0.25, 0.3) is 0 Å². The van der Waals surface area contributed by atoms with E-state index < -0.39 is 0 Å². The molecule has 136 valence electrons. The smallest absolute Gasteiger partial charge is 0.240 e. The number of benzene rings is 2. The Hall–Kier alpha value is -3.15. The molecule has 6 heteroatoms. The van der Waals surface area contributed by atoms with E-state index in [0.29, 0.717) is 30.0 Å². The highest BCUT2D eigenvalue weighted by Gasteiger charge is 2.08. The summed E-state index contributed by atoms with van der Waals surface area (Å²) in [6.07, 6.45) is 1.07. The summed E-state index contributed by atoms with van der Waals surface area (Å²) in [6.45, 7) is 1.69. The number of nitrogens with one attached hydrogen (secondary N) is 2. The van der Waals surface area contributed by atoms with Crippen LogP contribution in [0.5, 0.6) is 5.75 Å². The molecular formula is C20H23N3O3. The van der Waals surface area contributed by atoms with Gasteiger partial charge in [-0.25, -0.2) is 5.43 Å². The molecule has 0 aliphatic carbocycles. The molecule has 0 aliphatic rings. The molecule has 26 heavy (non-hydrogen) atoms. The van der Waals surface area contributed by atoms with Gasteiger partial charge in [0.1, 0.15) is 5.75 Å². The molecule has 0 heterocycles. The van der Waals surface area contributed by atoms with Crippen molar-refractivity contribution in [2.24, 2.45) is 5.10 Å². The number of aryl methyl sites for hydroxylation is 1. The first-order valence-corrected chi connectivity index (χ1v) is 8.37. The molecule has 2 rings (SSSR count).